The Kier molecular flexibility index (Phi) is 4.58. The number of likely N-dealkylation sites (N-methyl/N-ethyl adjacent to an activating group) is 1. The number of quaternary nitrogens is 1. The Morgan fingerprint density at radius 3 is 2.46 bits per heavy atom. The number of benzene rings is 2. The van der Waals surface area contributed by atoms with Crippen molar-refractivity contribution in [2.24, 2.45) is 0 Å². The molecule has 0 aliphatic carbocycles. The summed E-state index contributed by atoms with van der Waals surface area (Å²) >= 11 is 0. The van der Waals surface area contributed by atoms with Gasteiger partial charge in [0.05, 0.1) is 45.9 Å². The second-order valence-corrected chi connectivity index (χ2v) is 6.69. The maximum absolute atomic E-state index is 5.22. The van der Waals surface area contributed by atoms with E-state index >= 15 is 0 Å². The number of nitrogens with zero attached hydrogens (tertiary/aromatic N) is 3. The molecule has 1 fully saturated rings. The van der Waals surface area contributed by atoms with Gasteiger partial charge in [0, 0.05) is 11.1 Å². The number of methoxy groups -OCH3 is 1. The number of hydrogen-bond donors (Lipinski definition) is 2. The summed E-state index contributed by atoms with van der Waals surface area (Å²) in [4.78, 5) is 13.5. The molecule has 3 aromatic rings. The van der Waals surface area contributed by atoms with E-state index in [0.717, 1.165) is 54.3 Å². The molecule has 6 heteroatoms. The normalized spacial score (nSPS) is 15.2. The Balaban J connectivity index is 1.68. The molecule has 0 bridgehead atoms. The van der Waals surface area contributed by atoms with Crippen molar-refractivity contribution in [3.8, 4) is 5.75 Å². The molecule has 0 saturated carbocycles. The third-order valence-electron chi connectivity index (χ3n) is 4.85. The van der Waals surface area contributed by atoms with E-state index in [4.69, 9.17) is 14.7 Å². The van der Waals surface area contributed by atoms with E-state index in [2.05, 4.69) is 23.3 Å². The summed E-state index contributed by atoms with van der Waals surface area (Å²) in [6, 6.07) is 16.0. The summed E-state index contributed by atoms with van der Waals surface area (Å²) < 4.78 is 5.22. The van der Waals surface area contributed by atoms with Gasteiger partial charge in [0.15, 0.2) is 0 Å². The zero-order valence-corrected chi connectivity index (χ0v) is 15.2. The molecular formula is C20H24N5O+. The van der Waals surface area contributed by atoms with Crippen molar-refractivity contribution < 1.29 is 9.64 Å². The molecule has 1 saturated heterocycles. The van der Waals surface area contributed by atoms with Crippen molar-refractivity contribution in [3.63, 3.8) is 0 Å². The van der Waals surface area contributed by atoms with Gasteiger partial charge in [-0.1, -0.05) is 12.1 Å². The minimum absolute atomic E-state index is 0.621. The molecule has 2 aromatic carbocycles. The number of hydrogen-bond acceptors (Lipinski definition) is 5. The number of ether oxygens (including phenoxy) is 1. The Bertz CT molecular complexity index is 888. The first-order chi connectivity index (χ1) is 12.7. The highest BCUT2D eigenvalue weighted by Crippen LogP contribution is 2.27. The van der Waals surface area contributed by atoms with Crippen LogP contribution in [0.25, 0.3) is 10.9 Å². The molecule has 0 amide bonds. The fourth-order valence-electron chi connectivity index (χ4n) is 3.26. The van der Waals surface area contributed by atoms with Crippen LogP contribution in [0.3, 0.4) is 0 Å². The quantitative estimate of drug-likeness (QED) is 0.750. The SMILES string of the molecule is COc1ccc(Nc2nc(N3CC[NH+](C)CC3)c3ccccc3n2)cc1. The largest absolute Gasteiger partial charge is 0.497 e. The summed E-state index contributed by atoms with van der Waals surface area (Å²) in [5, 5.41) is 4.43. The Labute approximate surface area is 153 Å². The van der Waals surface area contributed by atoms with E-state index in [1.54, 1.807) is 12.0 Å². The van der Waals surface area contributed by atoms with E-state index in [-0.39, 0.29) is 0 Å². The topological polar surface area (TPSA) is 54.7 Å². The van der Waals surface area contributed by atoms with Crippen molar-refractivity contribution >= 4 is 28.4 Å². The van der Waals surface area contributed by atoms with Crippen molar-refractivity contribution in [2.75, 3.05) is 50.6 Å². The number of para-hydroxylation sites is 1. The van der Waals surface area contributed by atoms with Crippen LogP contribution in [0.4, 0.5) is 17.5 Å². The van der Waals surface area contributed by atoms with Gasteiger partial charge in [0.1, 0.15) is 11.6 Å². The highest BCUT2D eigenvalue weighted by Gasteiger charge is 2.21. The molecule has 0 atom stereocenters. The zero-order valence-electron chi connectivity index (χ0n) is 15.2. The smallest absolute Gasteiger partial charge is 0.229 e. The van der Waals surface area contributed by atoms with Crippen LogP contribution >= 0.6 is 0 Å². The summed E-state index contributed by atoms with van der Waals surface area (Å²) in [7, 11) is 3.91. The molecule has 2 N–H and O–H groups in total. The Morgan fingerprint density at radius 1 is 1.00 bits per heavy atom. The predicted octanol–water partition coefficient (Wildman–Crippen LogP) is 1.72. The van der Waals surface area contributed by atoms with Crippen molar-refractivity contribution in [1.29, 1.82) is 0 Å². The summed E-state index contributed by atoms with van der Waals surface area (Å²) in [6.07, 6.45) is 0. The number of piperazine rings is 1. The third-order valence-corrected chi connectivity index (χ3v) is 4.85. The molecule has 1 aromatic heterocycles. The minimum Gasteiger partial charge on any atom is -0.497 e. The molecule has 2 heterocycles. The first-order valence-corrected chi connectivity index (χ1v) is 8.97. The number of aromatic nitrogens is 2. The summed E-state index contributed by atoms with van der Waals surface area (Å²) in [6.45, 7) is 4.27. The van der Waals surface area contributed by atoms with Crippen LogP contribution in [0, 0.1) is 0 Å². The van der Waals surface area contributed by atoms with Gasteiger partial charge in [0.2, 0.25) is 5.95 Å². The minimum atomic E-state index is 0.621. The van der Waals surface area contributed by atoms with E-state index in [9.17, 15) is 0 Å². The number of anilines is 3. The first kappa shape index (κ1) is 16.6. The van der Waals surface area contributed by atoms with E-state index < -0.39 is 0 Å². The van der Waals surface area contributed by atoms with Crippen LogP contribution < -0.4 is 19.9 Å². The molecule has 1 aliphatic heterocycles. The van der Waals surface area contributed by atoms with E-state index in [1.165, 1.54) is 0 Å². The standard InChI is InChI=1S/C20H23N5O/c1-24-11-13-25(14-12-24)19-17-5-3-4-6-18(17)22-20(23-19)21-15-7-9-16(26-2)10-8-15/h3-10H,11-14H2,1-2H3,(H,21,22,23)/p+1. The molecule has 1 aliphatic rings. The van der Waals surface area contributed by atoms with Gasteiger partial charge < -0.3 is 19.9 Å². The molecule has 26 heavy (non-hydrogen) atoms. The van der Waals surface area contributed by atoms with Gasteiger partial charge in [-0.15, -0.1) is 0 Å². The van der Waals surface area contributed by atoms with Gasteiger partial charge >= 0.3 is 0 Å². The van der Waals surface area contributed by atoms with Crippen LogP contribution in [0.1, 0.15) is 0 Å². The van der Waals surface area contributed by atoms with Gasteiger partial charge in [-0.05, 0) is 36.4 Å². The van der Waals surface area contributed by atoms with Crippen molar-refractivity contribution in [3.05, 3.63) is 48.5 Å². The van der Waals surface area contributed by atoms with Crippen molar-refractivity contribution in [2.45, 2.75) is 0 Å². The molecule has 0 unspecified atom stereocenters. The van der Waals surface area contributed by atoms with Crippen molar-refractivity contribution in [1.82, 2.24) is 9.97 Å². The van der Waals surface area contributed by atoms with Gasteiger partial charge in [0.25, 0.3) is 0 Å². The van der Waals surface area contributed by atoms with Crippen LogP contribution in [0.15, 0.2) is 48.5 Å². The molecular weight excluding hydrogens is 326 g/mol. The lowest BCUT2D eigenvalue weighted by molar-refractivity contribution is -0.880. The zero-order chi connectivity index (χ0) is 17.9. The number of fused-ring (bicyclic) bond motifs is 1. The third kappa shape index (κ3) is 3.41. The average Bonchev–Trinajstić information content (AvgIpc) is 2.69. The lowest BCUT2D eigenvalue weighted by Crippen LogP contribution is -3.12. The first-order valence-electron chi connectivity index (χ1n) is 8.97. The molecule has 6 nitrogen and oxygen atoms in total. The molecule has 0 spiro atoms. The number of nitrogens with one attached hydrogen (secondary N) is 2. The maximum Gasteiger partial charge on any atom is 0.229 e. The molecule has 4 rings (SSSR count). The monoisotopic (exact) mass is 350 g/mol. The summed E-state index contributed by atoms with van der Waals surface area (Å²) in [5.41, 5.74) is 1.90. The van der Waals surface area contributed by atoms with Crippen LogP contribution in [-0.4, -0.2) is 50.3 Å². The highest BCUT2D eigenvalue weighted by atomic mass is 16.5. The van der Waals surface area contributed by atoms with Crippen LogP contribution in [-0.2, 0) is 0 Å². The predicted molar refractivity (Wildman–Crippen MR) is 105 cm³/mol. The van der Waals surface area contributed by atoms with E-state index in [0.29, 0.717) is 5.95 Å². The fraction of sp³-hybridized carbons (Fsp3) is 0.300. The molecule has 0 radical (unpaired) electrons. The lowest BCUT2D eigenvalue weighted by atomic mass is 10.2. The van der Waals surface area contributed by atoms with Crippen LogP contribution in [0.2, 0.25) is 0 Å². The fourth-order valence-corrected chi connectivity index (χ4v) is 3.26. The second-order valence-electron chi connectivity index (χ2n) is 6.69. The van der Waals surface area contributed by atoms with Gasteiger partial charge in [-0.2, -0.15) is 4.98 Å². The average molecular weight is 350 g/mol. The van der Waals surface area contributed by atoms with E-state index in [1.807, 2.05) is 42.5 Å². The summed E-state index contributed by atoms with van der Waals surface area (Å²) in [5.74, 6) is 2.46. The highest BCUT2D eigenvalue weighted by molar-refractivity contribution is 5.90. The lowest BCUT2D eigenvalue weighted by Gasteiger charge is -2.31. The maximum atomic E-state index is 5.22. The second kappa shape index (κ2) is 7.17. The Morgan fingerprint density at radius 2 is 1.73 bits per heavy atom. The number of rotatable bonds is 4. The van der Waals surface area contributed by atoms with Gasteiger partial charge in [-0.3, -0.25) is 0 Å². The van der Waals surface area contributed by atoms with Crippen LogP contribution in [0.5, 0.6) is 5.75 Å². The van der Waals surface area contributed by atoms with Gasteiger partial charge in [-0.25, -0.2) is 4.98 Å². The molecule has 134 valence electrons. The Hall–Kier alpha value is -2.86.